The second-order valence-corrected chi connectivity index (χ2v) is 5.16. The van der Waals surface area contributed by atoms with E-state index in [9.17, 15) is 9.59 Å². The monoisotopic (exact) mass is 301 g/mol. The van der Waals surface area contributed by atoms with E-state index in [1.165, 1.54) is 0 Å². The van der Waals surface area contributed by atoms with E-state index >= 15 is 0 Å². The molecule has 0 aliphatic rings. The average molecular weight is 302 g/mol. The molecule has 5 nitrogen and oxygen atoms in total. The summed E-state index contributed by atoms with van der Waals surface area (Å²) in [6, 6.07) is 10.4. The van der Waals surface area contributed by atoms with Gasteiger partial charge in [-0.05, 0) is 36.8 Å². The number of halogens is 1. The number of carbonyl (C=O) groups excluding carboxylic acids is 1. The number of aromatic nitrogens is 2. The topological polar surface area (TPSA) is 77.8 Å². The Morgan fingerprint density at radius 1 is 1.19 bits per heavy atom. The number of imidazole rings is 1. The van der Waals surface area contributed by atoms with Gasteiger partial charge in [-0.2, -0.15) is 0 Å². The maximum atomic E-state index is 12.4. The molecule has 106 valence electrons. The van der Waals surface area contributed by atoms with E-state index in [4.69, 9.17) is 11.6 Å². The summed E-state index contributed by atoms with van der Waals surface area (Å²) in [6.45, 7) is 1.88. The summed E-state index contributed by atoms with van der Waals surface area (Å²) in [6.07, 6.45) is 0. The van der Waals surface area contributed by atoms with Crippen molar-refractivity contribution in [2.75, 3.05) is 5.32 Å². The quantitative estimate of drug-likeness (QED) is 0.680. The molecule has 0 unspecified atom stereocenters. The number of carbonyl (C=O) groups is 1. The van der Waals surface area contributed by atoms with Crippen LogP contribution in [-0.4, -0.2) is 15.9 Å². The number of aromatic amines is 2. The number of hydrogen-bond donors (Lipinski definition) is 3. The summed E-state index contributed by atoms with van der Waals surface area (Å²) in [5.74, 6) is -0.304. The van der Waals surface area contributed by atoms with E-state index in [1.807, 2.05) is 13.0 Å². The number of amides is 1. The number of nitrogens with one attached hydrogen (secondary N) is 3. The van der Waals surface area contributed by atoms with E-state index in [0.29, 0.717) is 27.3 Å². The maximum absolute atomic E-state index is 12.4. The Hall–Kier alpha value is -2.53. The summed E-state index contributed by atoms with van der Waals surface area (Å²) >= 11 is 5.94. The number of benzene rings is 2. The van der Waals surface area contributed by atoms with Crippen LogP contribution in [0.5, 0.6) is 0 Å². The van der Waals surface area contributed by atoms with Gasteiger partial charge in [0.25, 0.3) is 5.91 Å². The Morgan fingerprint density at radius 3 is 2.81 bits per heavy atom. The highest BCUT2D eigenvalue weighted by Gasteiger charge is 2.13. The second kappa shape index (κ2) is 5.10. The minimum Gasteiger partial charge on any atom is -0.322 e. The molecule has 0 atom stereocenters. The van der Waals surface area contributed by atoms with E-state index in [2.05, 4.69) is 15.3 Å². The van der Waals surface area contributed by atoms with E-state index in [0.717, 1.165) is 5.56 Å². The van der Waals surface area contributed by atoms with Gasteiger partial charge in [-0.1, -0.05) is 23.7 Å². The normalized spacial score (nSPS) is 10.8. The van der Waals surface area contributed by atoms with E-state index in [-0.39, 0.29) is 11.6 Å². The van der Waals surface area contributed by atoms with Gasteiger partial charge in [0, 0.05) is 10.7 Å². The van der Waals surface area contributed by atoms with Crippen LogP contribution < -0.4 is 11.0 Å². The molecule has 0 bridgehead atoms. The standard InChI is InChI=1S/C15H12ClN3O2/c1-8-5-6-9(16)7-12(8)17-14(20)10-3-2-4-11-13(10)19-15(21)18-11/h2-7H,1H3,(H,17,20)(H2,18,19,21). The van der Waals surface area contributed by atoms with Crippen LogP contribution in [0.1, 0.15) is 15.9 Å². The summed E-state index contributed by atoms with van der Waals surface area (Å²) in [5.41, 5.74) is 2.68. The summed E-state index contributed by atoms with van der Waals surface area (Å²) in [5, 5.41) is 3.35. The molecule has 0 aliphatic carbocycles. The lowest BCUT2D eigenvalue weighted by atomic mass is 10.1. The van der Waals surface area contributed by atoms with Crippen molar-refractivity contribution < 1.29 is 4.79 Å². The maximum Gasteiger partial charge on any atom is 0.323 e. The molecule has 3 N–H and O–H groups in total. The van der Waals surface area contributed by atoms with Crippen LogP contribution in [0.4, 0.5) is 5.69 Å². The zero-order chi connectivity index (χ0) is 15.0. The SMILES string of the molecule is Cc1ccc(Cl)cc1NC(=O)c1cccc2[nH]c(=O)[nH]c12. The summed E-state index contributed by atoms with van der Waals surface area (Å²) in [7, 11) is 0. The molecule has 0 aliphatic heterocycles. The minimum atomic E-state index is -0.343. The number of rotatable bonds is 2. The van der Waals surface area contributed by atoms with Crippen molar-refractivity contribution in [2.24, 2.45) is 0 Å². The predicted octanol–water partition coefficient (Wildman–Crippen LogP) is 3.07. The Balaban J connectivity index is 2.01. The van der Waals surface area contributed by atoms with Crippen molar-refractivity contribution in [3.05, 3.63) is 63.0 Å². The Kier molecular flexibility index (Phi) is 3.27. The van der Waals surface area contributed by atoms with Crippen molar-refractivity contribution in [3.63, 3.8) is 0 Å². The molecule has 6 heteroatoms. The first-order valence-electron chi connectivity index (χ1n) is 6.33. The molecule has 2 aromatic carbocycles. The third-order valence-corrected chi connectivity index (χ3v) is 3.48. The number of hydrogen-bond acceptors (Lipinski definition) is 2. The van der Waals surface area contributed by atoms with Crippen LogP contribution >= 0.6 is 11.6 Å². The largest absolute Gasteiger partial charge is 0.323 e. The molecular weight excluding hydrogens is 290 g/mol. The smallest absolute Gasteiger partial charge is 0.322 e. The van der Waals surface area contributed by atoms with E-state index < -0.39 is 0 Å². The van der Waals surface area contributed by atoms with Gasteiger partial charge in [-0.25, -0.2) is 4.79 Å². The van der Waals surface area contributed by atoms with Crippen LogP contribution in [0, 0.1) is 6.92 Å². The van der Waals surface area contributed by atoms with Gasteiger partial charge >= 0.3 is 5.69 Å². The highest BCUT2D eigenvalue weighted by atomic mass is 35.5. The van der Waals surface area contributed by atoms with Crippen LogP contribution in [0.2, 0.25) is 5.02 Å². The van der Waals surface area contributed by atoms with Crippen LogP contribution in [0.15, 0.2) is 41.2 Å². The molecule has 21 heavy (non-hydrogen) atoms. The predicted molar refractivity (Wildman–Crippen MR) is 83.1 cm³/mol. The van der Waals surface area contributed by atoms with Crippen molar-refractivity contribution in [2.45, 2.75) is 6.92 Å². The van der Waals surface area contributed by atoms with Gasteiger partial charge in [-0.3, -0.25) is 4.79 Å². The molecule has 0 fully saturated rings. The van der Waals surface area contributed by atoms with Gasteiger partial charge < -0.3 is 15.3 Å². The van der Waals surface area contributed by atoms with Gasteiger partial charge in [-0.15, -0.1) is 0 Å². The number of fused-ring (bicyclic) bond motifs is 1. The molecule has 0 radical (unpaired) electrons. The molecule has 0 saturated carbocycles. The molecule has 3 aromatic rings. The van der Waals surface area contributed by atoms with Crippen molar-refractivity contribution in [1.82, 2.24) is 9.97 Å². The van der Waals surface area contributed by atoms with Crippen molar-refractivity contribution >= 4 is 34.2 Å². The van der Waals surface area contributed by atoms with E-state index in [1.54, 1.807) is 30.3 Å². The number of aryl methyl sites for hydroxylation is 1. The fraction of sp³-hybridized carbons (Fsp3) is 0.0667. The Labute approximate surface area is 125 Å². The Morgan fingerprint density at radius 2 is 2.00 bits per heavy atom. The van der Waals surface area contributed by atoms with Crippen LogP contribution in [-0.2, 0) is 0 Å². The third-order valence-electron chi connectivity index (χ3n) is 3.24. The molecule has 1 heterocycles. The van der Waals surface area contributed by atoms with Crippen molar-refractivity contribution in [1.29, 1.82) is 0 Å². The lowest BCUT2D eigenvalue weighted by Crippen LogP contribution is -2.13. The van der Waals surface area contributed by atoms with Crippen molar-refractivity contribution in [3.8, 4) is 0 Å². The number of H-pyrrole nitrogens is 2. The summed E-state index contributed by atoms with van der Waals surface area (Å²) < 4.78 is 0. The minimum absolute atomic E-state index is 0.304. The van der Waals surface area contributed by atoms with Gasteiger partial charge in [0.15, 0.2) is 0 Å². The first kappa shape index (κ1) is 13.5. The number of anilines is 1. The average Bonchev–Trinajstić information content (AvgIpc) is 2.82. The number of para-hydroxylation sites is 1. The molecule has 3 rings (SSSR count). The van der Waals surface area contributed by atoms with Gasteiger partial charge in [0.2, 0.25) is 0 Å². The lowest BCUT2D eigenvalue weighted by molar-refractivity contribution is 0.102. The molecule has 1 aromatic heterocycles. The molecule has 0 saturated heterocycles. The zero-order valence-corrected chi connectivity index (χ0v) is 11.9. The zero-order valence-electron chi connectivity index (χ0n) is 11.2. The fourth-order valence-corrected chi connectivity index (χ4v) is 2.34. The van der Waals surface area contributed by atoms with Crippen LogP contribution in [0.25, 0.3) is 11.0 Å². The Bertz CT molecular complexity index is 895. The first-order chi connectivity index (χ1) is 10.0. The highest BCUT2D eigenvalue weighted by Crippen LogP contribution is 2.22. The highest BCUT2D eigenvalue weighted by molar-refractivity contribution is 6.31. The fourth-order valence-electron chi connectivity index (χ4n) is 2.17. The van der Waals surface area contributed by atoms with Gasteiger partial charge in [0.1, 0.15) is 0 Å². The third kappa shape index (κ3) is 2.55. The molecule has 1 amide bonds. The molecular formula is C15H12ClN3O2. The second-order valence-electron chi connectivity index (χ2n) is 4.72. The lowest BCUT2D eigenvalue weighted by Gasteiger charge is -2.09. The van der Waals surface area contributed by atoms with Crippen LogP contribution in [0.3, 0.4) is 0 Å². The first-order valence-corrected chi connectivity index (χ1v) is 6.71. The summed E-state index contributed by atoms with van der Waals surface area (Å²) in [4.78, 5) is 29.0. The molecule has 0 spiro atoms. The van der Waals surface area contributed by atoms with Gasteiger partial charge in [0.05, 0.1) is 16.6 Å².